The lowest BCUT2D eigenvalue weighted by Crippen LogP contribution is -2.00. The number of pyridine rings is 1. The van der Waals surface area contributed by atoms with E-state index < -0.39 is 0 Å². The highest BCUT2D eigenvalue weighted by molar-refractivity contribution is 6.31. The highest BCUT2D eigenvalue weighted by Crippen LogP contribution is 2.32. The first-order valence-corrected chi connectivity index (χ1v) is 6.95. The lowest BCUT2D eigenvalue weighted by atomic mass is 10.2. The predicted molar refractivity (Wildman–Crippen MR) is 85.0 cm³/mol. The molecule has 108 valence electrons. The molecule has 0 saturated heterocycles. The molecule has 3 aromatic rings. The van der Waals surface area contributed by atoms with Gasteiger partial charge in [-0.3, -0.25) is 0 Å². The standard InChI is InChI=1S/C14H12Cl2N4O/c1-17-14-9-7-18-13(16)6-10(9)20(19-14)11-5-8(15)3-4-12(11)21-2/h3-7H,1-2H3,(H,17,19). The van der Waals surface area contributed by atoms with Gasteiger partial charge in [0.25, 0.3) is 0 Å². The molecule has 5 nitrogen and oxygen atoms in total. The zero-order chi connectivity index (χ0) is 15.0. The van der Waals surface area contributed by atoms with E-state index in [1.54, 1.807) is 49.3 Å². The van der Waals surface area contributed by atoms with Crippen molar-refractivity contribution in [1.82, 2.24) is 14.8 Å². The van der Waals surface area contributed by atoms with Crippen LogP contribution in [0.15, 0.2) is 30.5 Å². The van der Waals surface area contributed by atoms with E-state index in [-0.39, 0.29) is 0 Å². The summed E-state index contributed by atoms with van der Waals surface area (Å²) < 4.78 is 7.12. The van der Waals surface area contributed by atoms with Crippen molar-refractivity contribution in [3.63, 3.8) is 0 Å². The number of methoxy groups -OCH3 is 1. The van der Waals surface area contributed by atoms with Gasteiger partial charge in [0.05, 0.1) is 18.0 Å². The monoisotopic (exact) mass is 322 g/mol. The van der Waals surface area contributed by atoms with Crippen molar-refractivity contribution in [3.05, 3.63) is 40.6 Å². The molecule has 0 amide bonds. The van der Waals surface area contributed by atoms with E-state index in [1.165, 1.54) is 0 Å². The third-order valence-electron chi connectivity index (χ3n) is 3.14. The van der Waals surface area contributed by atoms with Gasteiger partial charge in [-0.15, -0.1) is 5.10 Å². The second kappa shape index (κ2) is 5.42. The first-order chi connectivity index (χ1) is 10.1. The van der Waals surface area contributed by atoms with Crippen molar-refractivity contribution in [1.29, 1.82) is 0 Å². The molecule has 2 aromatic heterocycles. The maximum absolute atomic E-state index is 6.10. The first kappa shape index (κ1) is 14.0. The lowest BCUT2D eigenvalue weighted by Gasteiger charge is -2.09. The Morgan fingerprint density at radius 2 is 2.05 bits per heavy atom. The molecule has 0 radical (unpaired) electrons. The molecule has 21 heavy (non-hydrogen) atoms. The van der Waals surface area contributed by atoms with Crippen molar-refractivity contribution >= 4 is 39.9 Å². The van der Waals surface area contributed by atoms with Gasteiger partial charge < -0.3 is 10.1 Å². The van der Waals surface area contributed by atoms with E-state index in [0.29, 0.717) is 21.7 Å². The quantitative estimate of drug-likeness (QED) is 0.745. The number of hydrogen-bond donors (Lipinski definition) is 1. The van der Waals surface area contributed by atoms with Crippen molar-refractivity contribution < 1.29 is 4.74 Å². The van der Waals surface area contributed by atoms with Crippen LogP contribution in [0.25, 0.3) is 16.6 Å². The van der Waals surface area contributed by atoms with Crippen LogP contribution in [0.1, 0.15) is 0 Å². The summed E-state index contributed by atoms with van der Waals surface area (Å²) in [7, 11) is 3.40. The average molecular weight is 323 g/mol. The maximum Gasteiger partial charge on any atom is 0.157 e. The molecule has 0 aliphatic carbocycles. The van der Waals surface area contributed by atoms with Crippen molar-refractivity contribution in [3.8, 4) is 11.4 Å². The van der Waals surface area contributed by atoms with Gasteiger partial charge in [-0.05, 0) is 18.2 Å². The number of nitrogens with zero attached hydrogens (tertiary/aromatic N) is 3. The lowest BCUT2D eigenvalue weighted by molar-refractivity contribution is 0.412. The summed E-state index contributed by atoms with van der Waals surface area (Å²) in [6, 6.07) is 7.11. The fourth-order valence-electron chi connectivity index (χ4n) is 2.18. The van der Waals surface area contributed by atoms with Crippen LogP contribution in [-0.2, 0) is 0 Å². The van der Waals surface area contributed by atoms with E-state index in [9.17, 15) is 0 Å². The molecule has 0 aliphatic heterocycles. The summed E-state index contributed by atoms with van der Waals surface area (Å²) >= 11 is 12.1. The SMILES string of the molecule is CNc1nn(-c2cc(Cl)ccc2OC)c2cc(Cl)ncc12. The summed E-state index contributed by atoms with van der Waals surface area (Å²) in [5.41, 5.74) is 1.55. The van der Waals surface area contributed by atoms with Crippen LogP contribution in [0.2, 0.25) is 10.2 Å². The molecule has 0 unspecified atom stereocenters. The van der Waals surface area contributed by atoms with Gasteiger partial charge in [-0.25, -0.2) is 9.67 Å². The van der Waals surface area contributed by atoms with E-state index in [4.69, 9.17) is 27.9 Å². The number of halogens is 2. The summed E-state index contributed by atoms with van der Waals surface area (Å²) in [6.45, 7) is 0. The third-order valence-corrected chi connectivity index (χ3v) is 3.58. The topological polar surface area (TPSA) is 52.0 Å². The highest BCUT2D eigenvalue weighted by atomic mass is 35.5. The average Bonchev–Trinajstić information content (AvgIpc) is 2.84. The summed E-state index contributed by atoms with van der Waals surface area (Å²) in [5.74, 6) is 1.37. The van der Waals surface area contributed by atoms with E-state index >= 15 is 0 Å². The number of hydrogen-bond acceptors (Lipinski definition) is 4. The van der Waals surface area contributed by atoms with Gasteiger partial charge in [0.1, 0.15) is 16.6 Å². The van der Waals surface area contributed by atoms with E-state index in [2.05, 4.69) is 15.4 Å². The zero-order valence-corrected chi connectivity index (χ0v) is 12.9. The van der Waals surface area contributed by atoms with Gasteiger partial charge in [0.15, 0.2) is 5.82 Å². The second-order valence-electron chi connectivity index (χ2n) is 4.35. The second-order valence-corrected chi connectivity index (χ2v) is 5.17. The summed E-state index contributed by atoms with van der Waals surface area (Å²) in [4.78, 5) is 4.10. The van der Waals surface area contributed by atoms with Gasteiger partial charge in [0, 0.05) is 24.3 Å². The van der Waals surface area contributed by atoms with Crippen LogP contribution in [0, 0.1) is 0 Å². The molecule has 0 aliphatic rings. The number of aromatic nitrogens is 3. The van der Waals surface area contributed by atoms with Crippen molar-refractivity contribution in [2.75, 3.05) is 19.5 Å². The minimum Gasteiger partial charge on any atom is -0.494 e. The molecule has 0 saturated carbocycles. The van der Waals surface area contributed by atoms with Gasteiger partial charge in [-0.1, -0.05) is 23.2 Å². The minimum absolute atomic E-state index is 0.396. The number of ether oxygens (including phenoxy) is 1. The Balaban J connectivity index is 2.34. The smallest absolute Gasteiger partial charge is 0.157 e. The third kappa shape index (κ3) is 2.39. The Labute approximate surface area is 131 Å². The first-order valence-electron chi connectivity index (χ1n) is 6.20. The van der Waals surface area contributed by atoms with Gasteiger partial charge in [0.2, 0.25) is 0 Å². The van der Waals surface area contributed by atoms with Crippen LogP contribution in [0.4, 0.5) is 5.82 Å². The molecular formula is C14H12Cl2N4O. The maximum atomic E-state index is 6.10. The summed E-state index contributed by atoms with van der Waals surface area (Å²) in [5, 5.41) is 9.44. The largest absolute Gasteiger partial charge is 0.494 e. The number of benzene rings is 1. The van der Waals surface area contributed by atoms with Gasteiger partial charge >= 0.3 is 0 Å². The molecule has 7 heteroatoms. The molecule has 0 spiro atoms. The van der Waals surface area contributed by atoms with Crippen molar-refractivity contribution in [2.24, 2.45) is 0 Å². The number of nitrogens with one attached hydrogen (secondary N) is 1. The summed E-state index contributed by atoms with van der Waals surface area (Å²) in [6.07, 6.45) is 1.68. The molecule has 0 atom stereocenters. The molecule has 1 N–H and O–H groups in total. The van der Waals surface area contributed by atoms with Crippen LogP contribution in [0.5, 0.6) is 5.75 Å². The molecule has 2 heterocycles. The fourth-order valence-corrected chi connectivity index (χ4v) is 2.50. The minimum atomic E-state index is 0.396. The molecule has 0 fully saturated rings. The van der Waals surface area contributed by atoms with Crippen LogP contribution >= 0.6 is 23.2 Å². The Hall–Kier alpha value is -1.98. The van der Waals surface area contributed by atoms with Crippen molar-refractivity contribution in [2.45, 2.75) is 0 Å². The Kier molecular flexibility index (Phi) is 3.61. The molecule has 3 rings (SSSR count). The normalized spacial score (nSPS) is 10.9. The van der Waals surface area contributed by atoms with E-state index in [0.717, 1.165) is 16.6 Å². The zero-order valence-electron chi connectivity index (χ0n) is 11.4. The molecule has 0 bridgehead atoms. The predicted octanol–water partition coefficient (Wildman–Crippen LogP) is 3.78. The number of anilines is 1. The van der Waals surface area contributed by atoms with Crippen LogP contribution in [0.3, 0.4) is 0 Å². The van der Waals surface area contributed by atoms with Gasteiger partial charge in [-0.2, -0.15) is 0 Å². The Bertz CT molecular complexity index is 816. The number of fused-ring (bicyclic) bond motifs is 1. The fraction of sp³-hybridized carbons (Fsp3) is 0.143. The highest BCUT2D eigenvalue weighted by Gasteiger charge is 2.15. The molecule has 1 aromatic carbocycles. The Morgan fingerprint density at radius 1 is 1.24 bits per heavy atom. The Morgan fingerprint density at radius 3 is 2.76 bits per heavy atom. The number of rotatable bonds is 3. The van der Waals surface area contributed by atoms with Crippen LogP contribution in [-0.4, -0.2) is 28.9 Å². The van der Waals surface area contributed by atoms with E-state index in [1.807, 2.05) is 0 Å². The van der Waals surface area contributed by atoms with Crippen LogP contribution < -0.4 is 10.1 Å². The molecular weight excluding hydrogens is 311 g/mol.